The second-order valence-electron chi connectivity index (χ2n) is 5.91. The highest BCUT2D eigenvalue weighted by Gasteiger charge is 2.39. The predicted octanol–water partition coefficient (Wildman–Crippen LogP) is 3.05. The molecule has 0 aliphatic heterocycles. The van der Waals surface area contributed by atoms with Crippen LogP contribution in [0.4, 0.5) is 0 Å². The standard InChI is InChI=1S/C17H28O5/c1-3-5-10-21-16(19)15(17(20)22-11-6-4-2)13-8-7-9-14(18)12-13/h13,15H,3-12H2,1-2H3/t13-/m1/s1. The first-order chi connectivity index (χ1) is 10.6. The molecule has 0 aromatic rings. The summed E-state index contributed by atoms with van der Waals surface area (Å²) in [7, 11) is 0. The number of hydrogen-bond acceptors (Lipinski definition) is 5. The SMILES string of the molecule is CCCCOC(=O)C(C(=O)OCCCC)[C@@H]1CCCC(=O)C1. The van der Waals surface area contributed by atoms with Crippen LogP contribution in [-0.2, 0) is 23.9 Å². The normalized spacial score (nSPS) is 18.3. The molecule has 1 atom stereocenters. The monoisotopic (exact) mass is 312 g/mol. The van der Waals surface area contributed by atoms with Crippen LogP contribution in [0.5, 0.6) is 0 Å². The van der Waals surface area contributed by atoms with E-state index in [-0.39, 0.29) is 18.1 Å². The molecule has 1 aliphatic rings. The average Bonchev–Trinajstić information content (AvgIpc) is 2.48. The molecule has 0 unspecified atom stereocenters. The van der Waals surface area contributed by atoms with Gasteiger partial charge in [-0.2, -0.15) is 0 Å². The van der Waals surface area contributed by atoms with Crippen LogP contribution < -0.4 is 0 Å². The maximum Gasteiger partial charge on any atom is 0.320 e. The van der Waals surface area contributed by atoms with Crippen LogP contribution in [-0.4, -0.2) is 30.9 Å². The third-order valence-corrected chi connectivity index (χ3v) is 3.98. The van der Waals surface area contributed by atoms with Crippen LogP contribution in [0.25, 0.3) is 0 Å². The number of carbonyl (C=O) groups is 3. The largest absolute Gasteiger partial charge is 0.465 e. The van der Waals surface area contributed by atoms with E-state index in [0.29, 0.717) is 26.1 Å². The van der Waals surface area contributed by atoms with Gasteiger partial charge in [0, 0.05) is 12.8 Å². The van der Waals surface area contributed by atoms with Gasteiger partial charge in [-0.25, -0.2) is 0 Å². The van der Waals surface area contributed by atoms with Crippen molar-refractivity contribution in [2.45, 2.75) is 65.2 Å². The first kappa shape index (κ1) is 18.7. The summed E-state index contributed by atoms with van der Waals surface area (Å²) in [6.07, 6.45) is 5.61. The van der Waals surface area contributed by atoms with Crippen LogP contribution in [0.2, 0.25) is 0 Å². The minimum atomic E-state index is -0.946. The fourth-order valence-corrected chi connectivity index (χ4v) is 2.64. The van der Waals surface area contributed by atoms with Crippen molar-refractivity contribution >= 4 is 17.7 Å². The molecule has 5 heteroatoms. The molecular formula is C17H28O5. The third kappa shape index (κ3) is 6.16. The summed E-state index contributed by atoms with van der Waals surface area (Å²) in [6.45, 7) is 4.64. The Morgan fingerprint density at radius 1 is 1.09 bits per heavy atom. The molecule has 0 N–H and O–H groups in total. The summed E-state index contributed by atoms with van der Waals surface area (Å²) in [4.78, 5) is 36.2. The maximum absolute atomic E-state index is 12.3. The fourth-order valence-electron chi connectivity index (χ4n) is 2.64. The van der Waals surface area contributed by atoms with E-state index in [9.17, 15) is 14.4 Å². The van der Waals surface area contributed by atoms with E-state index >= 15 is 0 Å². The van der Waals surface area contributed by atoms with E-state index in [1.807, 2.05) is 13.8 Å². The quantitative estimate of drug-likeness (QED) is 0.372. The number of rotatable bonds is 9. The van der Waals surface area contributed by atoms with Crippen LogP contribution in [0.15, 0.2) is 0 Å². The van der Waals surface area contributed by atoms with Crippen molar-refractivity contribution < 1.29 is 23.9 Å². The van der Waals surface area contributed by atoms with Gasteiger partial charge in [0.1, 0.15) is 5.78 Å². The molecule has 1 aliphatic carbocycles. The predicted molar refractivity (Wildman–Crippen MR) is 82.2 cm³/mol. The molecule has 1 saturated carbocycles. The van der Waals surface area contributed by atoms with Crippen LogP contribution >= 0.6 is 0 Å². The highest BCUT2D eigenvalue weighted by atomic mass is 16.6. The molecule has 1 rings (SSSR count). The van der Waals surface area contributed by atoms with Gasteiger partial charge in [0.15, 0.2) is 5.92 Å². The van der Waals surface area contributed by atoms with Gasteiger partial charge < -0.3 is 9.47 Å². The van der Waals surface area contributed by atoms with Gasteiger partial charge in [0.2, 0.25) is 0 Å². The first-order valence-corrected chi connectivity index (χ1v) is 8.45. The zero-order valence-corrected chi connectivity index (χ0v) is 13.8. The van der Waals surface area contributed by atoms with Crippen molar-refractivity contribution in [3.63, 3.8) is 0 Å². The third-order valence-electron chi connectivity index (χ3n) is 3.98. The van der Waals surface area contributed by atoms with Crippen molar-refractivity contribution in [2.75, 3.05) is 13.2 Å². The van der Waals surface area contributed by atoms with Gasteiger partial charge in [-0.05, 0) is 31.6 Å². The van der Waals surface area contributed by atoms with E-state index in [1.54, 1.807) is 0 Å². The Labute approximate surface area is 132 Å². The second-order valence-corrected chi connectivity index (χ2v) is 5.91. The molecule has 126 valence electrons. The lowest BCUT2D eigenvalue weighted by Gasteiger charge is -2.26. The second kappa shape index (κ2) is 10.4. The van der Waals surface area contributed by atoms with E-state index in [2.05, 4.69) is 0 Å². The molecule has 0 bridgehead atoms. The fraction of sp³-hybridized carbons (Fsp3) is 0.824. The topological polar surface area (TPSA) is 69.7 Å². The van der Waals surface area contributed by atoms with Crippen molar-refractivity contribution in [3.8, 4) is 0 Å². The molecule has 0 amide bonds. The number of Topliss-reactive ketones (excluding diaryl/α,β-unsaturated/α-hetero) is 1. The highest BCUT2D eigenvalue weighted by Crippen LogP contribution is 2.30. The minimum Gasteiger partial charge on any atom is -0.465 e. The number of esters is 2. The summed E-state index contributed by atoms with van der Waals surface area (Å²) in [5, 5.41) is 0. The number of hydrogen-bond donors (Lipinski definition) is 0. The lowest BCUT2D eigenvalue weighted by molar-refractivity contribution is -0.165. The zero-order chi connectivity index (χ0) is 16.4. The minimum absolute atomic E-state index is 0.115. The molecule has 5 nitrogen and oxygen atoms in total. The highest BCUT2D eigenvalue weighted by molar-refractivity contribution is 5.96. The number of unbranched alkanes of at least 4 members (excludes halogenated alkanes) is 2. The van der Waals surface area contributed by atoms with Crippen LogP contribution in [0, 0.1) is 11.8 Å². The Morgan fingerprint density at radius 3 is 2.09 bits per heavy atom. The van der Waals surface area contributed by atoms with Crippen LogP contribution in [0.1, 0.15) is 65.2 Å². The number of carbonyl (C=O) groups excluding carboxylic acids is 3. The van der Waals surface area contributed by atoms with Gasteiger partial charge in [0.05, 0.1) is 13.2 Å². The van der Waals surface area contributed by atoms with Gasteiger partial charge in [-0.1, -0.05) is 26.7 Å². The van der Waals surface area contributed by atoms with E-state index in [4.69, 9.17) is 9.47 Å². The first-order valence-electron chi connectivity index (χ1n) is 8.45. The Kier molecular flexibility index (Phi) is 8.78. The van der Waals surface area contributed by atoms with Crippen molar-refractivity contribution in [1.29, 1.82) is 0 Å². The van der Waals surface area contributed by atoms with Crippen LogP contribution in [0.3, 0.4) is 0 Å². The molecule has 0 aromatic heterocycles. The summed E-state index contributed by atoms with van der Waals surface area (Å²) >= 11 is 0. The Hall–Kier alpha value is -1.39. The maximum atomic E-state index is 12.3. The molecule has 0 saturated heterocycles. The van der Waals surface area contributed by atoms with Crippen molar-refractivity contribution in [3.05, 3.63) is 0 Å². The summed E-state index contributed by atoms with van der Waals surface area (Å²) < 4.78 is 10.4. The van der Waals surface area contributed by atoms with Gasteiger partial charge >= 0.3 is 11.9 Å². The molecule has 0 aromatic carbocycles. The zero-order valence-electron chi connectivity index (χ0n) is 13.8. The van der Waals surface area contributed by atoms with Gasteiger partial charge in [-0.15, -0.1) is 0 Å². The Balaban J connectivity index is 2.68. The summed E-state index contributed by atoms with van der Waals surface area (Å²) in [5.74, 6) is -2.17. The molecule has 0 spiro atoms. The van der Waals surface area contributed by atoms with E-state index < -0.39 is 17.9 Å². The Morgan fingerprint density at radius 2 is 1.64 bits per heavy atom. The number of ether oxygens (including phenoxy) is 2. The lowest BCUT2D eigenvalue weighted by Crippen LogP contribution is -2.37. The molecule has 22 heavy (non-hydrogen) atoms. The Bertz CT molecular complexity index is 355. The molecule has 0 heterocycles. The van der Waals surface area contributed by atoms with E-state index in [0.717, 1.165) is 32.1 Å². The number of ketones is 1. The van der Waals surface area contributed by atoms with Gasteiger partial charge in [0.25, 0.3) is 0 Å². The molecule has 0 radical (unpaired) electrons. The van der Waals surface area contributed by atoms with Crippen molar-refractivity contribution in [2.24, 2.45) is 11.8 Å². The summed E-state index contributed by atoms with van der Waals surface area (Å²) in [6, 6.07) is 0. The smallest absolute Gasteiger partial charge is 0.320 e. The van der Waals surface area contributed by atoms with Crippen molar-refractivity contribution in [1.82, 2.24) is 0 Å². The summed E-state index contributed by atoms with van der Waals surface area (Å²) in [5.41, 5.74) is 0. The van der Waals surface area contributed by atoms with E-state index in [1.165, 1.54) is 0 Å². The average molecular weight is 312 g/mol. The molecule has 1 fully saturated rings. The van der Waals surface area contributed by atoms with Gasteiger partial charge in [-0.3, -0.25) is 14.4 Å². The lowest BCUT2D eigenvalue weighted by atomic mass is 9.79. The molecular weight excluding hydrogens is 284 g/mol.